The van der Waals surface area contributed by atoms with E-state index in [-0.39, 0.29) is 12.4 Å². The highest BCUT2D eigenvalue weighted by Gasteiger charge is 2.26. The first-order valence-electron chi connectivity index (χ1n) is 9.85. The number of carbonyl (C=O) groups excluding carboxylic acids is 1. The van der Waals surface area contributed by atoms with Gasteiger partial charge in [-0.05, 0) is 25.0 Å². The molecule has 2 aromatic heterocycles. The maximum absolute atomic E-state index is 12.8. The first-order chi connectivity index (χ1) is 14.2. The summed E-state index contributed by atoms with van der Waals surface area (Å²) in [4.78, 5) is 36.3. The van der Waals surface area contributed by atoms with Gasteiger partial charge in [-0.2, -0.15) is 5.10 Å². The zero-order valence-corrected chi connectivity index (χ0v) is 16.4. The van der Waals surface area contributed by atoms with Gasteiger partial charge in [0.25, 0.3) is 12.4 Å². The molecule has 0 spiro atoms. The van der Waals surface area contributed by atoms with E-state index in [0.29, 0.717) is 0 Å². The lowest BCUT2D eigenvalue weighted by Crippen LogP contribution is -2.48. The predicted octanol–water partition coefficient (Wildman–Crippen LogP) is 0.432. The standard InChI is InChI=1S/C18H25N7O.CH2O2/c26-18(24-6-1-2-7-24)16-4-3-5-20-17(16)23-11-8-22(9-12-23)10-13-25-15-19-14-21-25;2-1-3/h3-5,14-15H,1-2,6-13H2;1H,(H,2,3). The van der Waals surface area contributed by atoms with E-state index in [1.807, 2.05) is 21.7 Å². The van der Waals surface area contributed by atoms with Crippen molar-refractivity contribution in [3.63, 3.8) is 0 Å². The van der Waals surface area contributed by atoms with E-state index in [2.05, 4.69) is 24.9 Å². The summed E-state index contributed by atoms with van der Waals surface area (Å²) < 4.78 is 1.86. The Balaban J connectivity index is 0.000000755. The average molecular weight is 401 g/mol. The number of carbonyl (C=O) groups is 2. The predicted molar refractivity (Wildman–Crippen MR) is 107 cm³/mol. The lowest BCUT2D eigenvalue weighted by atomic mass is 10.2. The highest BCUT2D eigenvalue weighted by Crippen LogP contribution is 2.22. The van der Waals surface area contributed by atoms with Gasteiger partial charge in [0.15, 0.2) is 0 Å². The molecule has 0 atom stereocenters. The lowest BCUT2D eigenvalue weighted by Gasteiger charge is -2.36. The van der Waals surface area contributed by atoms with Crippen molar-refractivity contribution in [2.24, 2.45) is 0 Å². The quantitative estimate of drug-likeness (QED) is 0.719. The molecule has 0 radical (unpaired) electrons. The van der Waals surface area contributed by atoms with Crippen molar-refractivity contribution in [2.75, 3.05) is 50.7 Å². The van der Waals surface area contributed by atoms with Crippen LogP contribution in [0.3, 0.4) is 0 Å². The highest BCUT2D eigenvalue weighted by molar-refractivity contribution is 5.99. The summed E-state index contributed by atoms with van der Waals surface area (Å²) in [6, 6.07) is 3.78. The Morgan fingerprint density at radius 1 is 1.10 bits per heavy atom. The number of hydrogen-bond donors (Lipinski definition) is 1. The molecule has 2 saturated heterocycles. The highest BCUT2D eigenvalue weighted by atomic mass is 16.3. The third-order valence-corrected chi connectivity index (χ3v) is 5.19. The van der Waals surface area contributed by atoms with Crippen LogP contribution in [0.4, 0.5) is 5.82 Å². The van der Waals surface area contributed by atoms with E-state index in [9.17, 15) is 4.79 Å². The van der Waals surface area contributed by atoms with Crippen LogP contribution in [0, 0.1) is 0 Å². The number of anilines is 1. The molecular formula is C19H27N7O3. The van der Waals surface area contributed by atoms with Crippen molar-refractivity contribution in [2.45, 2.75) is 19.4 Å². The fourth-order valence-corrected chi connectivity index (χ4v) is 3.68. The molecule has 2 aliphatic heterocycles. The van der Waals surface area contributed by atoms with Crippen LogP contribution in [0.15, 0.2) is 31.0 Å². The molecule has 0 bridgehead atoms. The molecule has 2 aromatic rings. The first-order valence-corrected chi connectivity index (χ1v) is 9.85. The second-order valence-corrected chi connectivity index (χ2v) is 6.97. The summed E-state index contributed by atoms with van der Waals surface area (Å²) in [5.74, 6) is 0.958. The molecule has 1 N–H and O–H groups in total. The Morgan fingerprint density at radius 3 is 2.48 bits per heavy atom. The smallest absolute Gasteiger partial charge is 0.290 e. The topological polar surface area (TPSA) is 108 Å². The normalized spacial score (nSPS) is 17.0. The number of hydrogen-bond acceptors (Lipinski definition) is 7. The second-order valence-electron chi connectivity index (χ2n) is 6.97. The summed E-state index contributed by atoms with van der Waals surface area (Å²) in [7, 11) is 0. The van der Waals surface area contributed by atoms with Gasteiger partial charge >= 0.3 is 0 Å². The molecule has 0 unspecified atom stereocenters. The average Bonchev–Trinajstić information content (AvgIpc) is 3.47. The monoisotopic (exact) mass is 401 g/mol. The molecule has 10 heteroatoms. The second kappa shape index (κ2) is 10.5. The van der Waals surface area contributed by atoms with E-state index >= 15 is 0 Å². The van der Waals surface area contributed by atoms with Crippen molar-refractivity contribution < 1.29 is 14.7 Å². The molecule has 1 amide bonds. The molecule has 0 aromatic carbocycles. The SMILES string of the molecule is O=C(c1cccnc1N1CCN(CCn2cncn2)CC1)N1CCCC1.O=CO. The van der Waals surface area contributed by atoms with Crippen LogP contribution in [-0.4, -0.2) is 92.8 Å². The zero-order valence-electron chi connectivity index (χ0n) is 16.4. The number of piperazine rings is 1. The summed E-state index contributed by atoms with van der Waals surface area (Å²) in [6.45, 7) is 6.97. The molecule has 4 heterocycles. The maximum atomic E-state index is 12.8. The Kier molecular flexibility index (Phi) is 7.51. The molecule has 0 saturated carbocycles. The molecule has 4 rings (SSSR count). The van der Waals surface area contributed by atoms with Gasteiger partial charge in [0.1, 0.15) is 18.5 Å². The van der Waals surface area contributed by atoms with Gasteiger partial charge in [0.05, 0.1) is 12.1 Å². The van der Waals surface area contributed by atoms with Gasteiger partial charge in [-0.25, -0.2) is 9.97 Å². The van der Waals surface area contributed by atoms with Crippen molar-refractivity contribution in [3.05, 3.63) is 36.5 Å². The largest absolute Gasteiger partial charge is 0.483 e. The fraction of sp³-hybridized carbons (Fsp3) is 0.526. The van der Waals surface area contributed by atoms with Gasteiger partial charge in [0.2, 0.25) is 0 Å². The van der Waals surface area contributed by atoms with E-state index < -0.39 is 0 Å². The van der Waals surface area contributed by atoms with Crippen molar-refractivity contribution in [1.82, 2.24) is 29.5 Å². The molecule has 10 nitrogen and oxygen atoms in total. The summed E-state index contributed by atoms with van der Waals surface area (Å²) in [5.41, 5.74) is 0.741. The molecule has 156 valence electrons. The Hall–Kier alpha value is -3.01. The summed E-state index contributed by atoms with van der Waals surface area (Å²) >= 11 is 0. The number of aromatic nitrogens is 4. The number of likely N-dealkylation sites (tertiary alicyclic amines) is 1. The zero-order chi connectivity index (χ0) is 20.5. The van der Waals surface area contributed by atoms with Gasteiger partial charge < -0.3 is 14.9 Å². The minimum absolute atomic E-state index is 0.124. The summed E-state index contributed by atoms with van der Waals surface area (Å²) in [5, 5.41) is 11.0. The molecule has 2 aliphatic rings. The van der Waals surface area contributed by atoms with Crippen LogP contribution >= 0.6 is 0 Å². The van der Waals surface area contributed by atoms with Crippen LogP contribution < -0.4 is 4.90 Å². The van der Waals surface area contributed by atoms with E-state index in [1.54, 1.807) is 18.9 Å². The first kappa shape index (κ1) is 20.7. The number of rotatable bonds is 5. The third-order valence-electron chi connectivity index (χ3n) is 5.19. The van der Waals surface area contributed by atoms with E-state index in [4.69, 9.17) is 9.90 Å². The number of amides is 1. The van der Waals surface area contributed by atoms with Crippen LogP contribution in [-0.2, 0) is 11.3 Å². The molecule has 29 heavy (non-hydrogen) atoms. The van der Waals surface area contributed by atoms with Gasteiger partial charge in [-0.3, -0.25) is 19.2 Å². The third kappa shape index (κ3) is 5.50. The van der Waals surface area contributed by atoms with Crippen LogP contribution in [0.1, 0.15) is 23.2 Å². The van der Waals surface area contributed by atoms with Gasteiger partial charge in [0, 0.05) is 52.0 Å². The van der Waals surface area contributed by atoms with Crippen molar-refractivity contribution >= 4 is 18.2 Å². The minimum Gasteiger partial charge on any atom is -0.483 e. The number of nitrogens with zero attached hydrogens (tertiary/aromatic N) is 7. The number of carboxylic acid groups (broad SMARTS) is 1. The van der Waals surface area contributed by atoms with Gasteiger partial charge in [-0.1, -0.05) is 0 Å². The Morgan fingerprint density at radius 2 is 1.83 bits per heavy atom. The van der Waals surface area contributed by atoms with Crippen molar-refractivity contribution in [1.29, 1.82) is 0 Å². The maximum Gasteiger partial charge on any atom is 0.290 e. The van der Waals surface area contributed by atoms with Gasteiger partial charge in [-0.15, -0.1) is 0 Å². The lowest BCUT2D eigenvalue weighted by molar-refractivity contribution is -0.122. The van der Waals surface area contributed by atoms with Crippen molar-refractivity contribution in [3.8, 4) is 0 Å². The van der Waals surface area contributed by atoms with Crippen LogP contribution in [0.25, 0.3) is 0 Å². The number of pyridine rings is 1. The van der Waals surface area contributed by atoms with E-state index in [1.165, 1.54) is 0 Å². The summed E-state index contributed by atoms with van der Waals surface area (Å²) in [6.07, 6.45) is 7.31. The van der Waals surface area contributed by atoms with Crippen LogP contribution in [0.2, 0.25) is 0 Å². The van der Waals surface area contributed by atoms with Crippen LogP contribution in [0.5, 0.6) is 0 Å². The fourth-order valence-electron chi connectivity index (χ4n) is 3.68. The minimum atomic E-state index is -0.250. The Bertz CT molecular complexity index is 770. The molecule has 0 aliphatic carbocycles. The van der Waals surface area contributed by atoms with E-state index in [0.717, 1.165) is 76.6 Å². The Labute approximate surface area is 169 Å². The molecular weight excluding hydrogens is 374 g/mol. The molecule has 2 fully saturated rings.